The van der Waals surface area contributed by atoms with Crippen LogP contribution in [0.15, 0.2) is 43.0 Å². The zero-order chi connectivity index (χ0) is 13.8. The molecular formula is C16H24O2. The van der Waals surface area contributed by atoms with Gasteiger partial charge in [-0.2, -0.15) is 0 Å². The summed E-state index contributed by atoms with van der Waals surface area (Å²) in [6, 6.07) is 8.26. The van der Waals surface area contributed by atoms with E-state index in [4.69, 9.17) is 9.84 Å². The third-order valence-electron chi connectivity index (χ3n) is 2.29. The lowest BCUT2D eigenvalue weighted by Crippen LogP contribution is -1.87. The number of aliphatic hydroxyl groups excluding tert-OH is 1. The summed E-state index contributed by atoms with van der Waals surface area (Å²) < 4.78 is 5.01. The lowest BCUT2D eigenvalue weighted by atomic mass is 10.1. The Labute approximate surface area is 111 Å². The maximum Gasteiger partial charge on any atom is 0.0713 e. The van der Waals surface area contributed by atoms with Gasteiger partial charge in [-0.3, -0.25) is 0 Å². The number of hydrogen-bond donors (Lipinski definition) is 1. The molecule has 1 rings (SSSR count). The maximum absolute atomic E-state index is 8.15. The summed E-state index contributed by atoms with van der Waals surface area (Å²) in [4.78, 5) is 0. The van der Waals surface area contributed by atoms with E-state index in [1.807, 2.05) is 26.0 Å². The predicted molar refractivity (Wildman–Crippen MR) is 78.4 cm³/mol. The minimum atomic E-state index is 0.268. The Hall–Kier alpha value is -1.38. The molecule has 0 bridgehead atoms. The molecule has 0 saturated carbocycles. The fourth-order valence-electron chi connectivity index (χ4n) is 1.29. The number of rotatable bonds is 5. The number of benzene rings is 1. The van der Waals surface area contributed by atoms with Crippen LogP contribution in [0.3, 0.4) is 0 Å². The van der Waals surface area contributed by atoms with Crippen molar-refractivity contribution in [2.24, 2.45) is 0 Å². The Morgan fingerprint density at radius 1 is 1.33 bits per heavy atom. The van der Waals surface area contributed by atoms with Gasteiger partial charge < -0.3 is 9.84 Å². The minimum Gasteiger partial charge on any atom is -0.396 e. The molecule has 0 unspecified atom stereocenters. The molecule has 2 heteroatoms. The number of ether oxygens (including phenoxy) is 1. The highest BCUT2D eigenvalue weighted by Crippen LogP contribution is 2.12. The van der Waals surface area contributed by atoms with E-state index in [1.54, 1.807) is 7.11 Å². The van der Waals surface area contributed by atoms with Gasteiger partial charge in [0.05, 0.1) is 6.61 Å². The van der Waals surface area contributed by atoms with Gasteiger partial charge in [0.15, 0.2) is 0 Å². The molecule has 0 radical (unpaired) electrons. The first kappa shape index (κ1) is 16.6. The molecule has 0 aliphatic heterocycles. The Morgan fingerprint density at radius 2 is 1.94 bits per heavy atom. The number of hydrogen-bond acceptors (Lipinski definition) is 2. The van der Waals surface area contributed by atoms with E-state index >= 15 is 0 Å². The SMILES string of the molecule is C/C=C\CCO.C=C(C)c1ccc(COC)cc1. The van der Waals surface area contributed by atoms with Crippen LogP contribution in [0.1, 0.15) is 31.4 Å². The summed E-state index contributed by atoms with van der Waals surface area (Å²) in [6.45, 7) is 8.76. The van der Waals surface area contributed by atoms with E-state index in [-0.39, 0.29) is 6.61 Å². The quantitative estimate of drug-likeness (QED) is 0.803. The van der Waals surface area contributed by atoms with Crippen molar-refractivity contribution < 1.29 is 9.84 Å². The third kappa shape index (κ3) is 7.82. The van der Waals surface area contributed by atoms with Crippen molar-refractivity contribution in [1.82, 2.24) is 0 Å². The molecule has 100 valence electrons. The summed E-state index contributed by atoms with van der Waals surface area (Å²) in [5, 5.41) is 8.15. The Kier molecular flexibility index (Phi) is 9.93. The van der Waals surface area contributed by atoms with E-state index in [0.29, 0.717) is 6.61 Å². The highest BCUT2D eigenvalue weighted by molar-refractivity contribution is 5.61. The van der Waals surface area contributed by atoms with E-state index in [1.165, 1.54) is 11.1 Å². The average molecular weight is 248 g/mol. The molecule has 0 aromatic heterocycles. The van der Waals surface area contributed by atoms with Crippen LogP contribution in [-0.4, -0.2) is 18.8 Å². The molecule has 0 amide bonds. The summed E-state index contributed by atoms with van der Waals surface area (Å²) in [7, 11) is 1.70. The molecule has 0 heterocycles. The second-order valence-corrected chi connectivity index (χ2v) is 3.99. The van der Waals surface area contributed by atoms with Crippen LogP contribution in [0.25, 0.3) is 5.57 Å². The second kappa shape index (κ2) is 10.8. The molecular weight excluding hydrogens is 224 g/mol. The number of allylic oxidation sites excluding steroid dienone is 2. The van der Waals surface area contributed by atoms with E-state index in [0.717, 1.165) is 12.0 Å². The average Bonchev–Trinajstić information content (AvgIpc) is 2.38. The second-order valence-electron chi connectivity index (χ2n) is 3.99. The van der Waals surface area contributed by atoms with Gasteiger partial charge in [0.2, 0.25) is 0 Å². The van der Waals surface area contributed by atoms with Crippen LogP contribution in [0.4, 0.5) is 0 Å². The molecule has 18 heavy (non-hydrogen) atoms. The van der Waals surface area contributed by atoms with Gasteiger partial charge >= 0.3 is 0 Å². The van der Waals surface area contributed by atoms with Crippen molar-refractivity contribution in [3.8, 4) is 0 Å². The summed E-state index contributed by atoms with van der Waals surface area (Å²) >= 11 is 0. The molecule has 0 fully saturated rings. The van der Waals surface area contributed by atoms with Crippen LogP contribution in [0, 0.1) is 0 Å². The summed E-state index contributed by atoms with van der Waals surface area (Å²) in [6.07, 6.45) is 4.65. The minimum absolute atomic E-state index is 0.268. The number of aliphatic hydroxyl groups is 1. The van der Waals surface area contributed by atoms with Crippen LogP contribution in [-0.2, 0) is 11.3 Å². The Morgan fingerprint density at radius 3 is 2.28 bits per heavy atom. The zero-order valence-electron chi connectivity index (χ0n) is 11.6. The lowest BCUT2D eigenvalue weighted by Gasteiger charge is -2.01. The van der Waals surface area contributed by atoms with Crippen molar-refractivity contribution >= 4 is 5.57 Å². The standard InChI is InChI=1S/C11H14O.C5H10O/c1-9(2)11-6-4-10(5-7-11)8-12-3;1-2-3-4-5-6/h4-7H,1,8H2,2-3H3;2-3,6H,4-5H2,1H3/b;3-2-. The van der Waals surface area contributed by atoms with Crippen LogP contribution >= 0.6 is 0 Å². The van der Waals surface area contributed by atoms with Crippen LogP contribution < -0.4 is 0 Å². The normalized spacial score (nSPS) is 10.0. The van der Waals surface area contributed by atoms with Crippen LogP contribution in [0.2, 0.25) is 0 Å². The number of methoxy groups -OCH3 is 1. The van der Waals surface area contributed by atoms with E-state index in [2.05, 4.69) is 30.8 Å². The largest absolute Gasteiger partial charge is 0.396 e. The van der Waals surface area contributed by atoms with E-state index in [9.17, 15) is 0 Å². The third-order valence-corrected chi connectivity index (χ3v) is 2.29. The first-order valence-corrected chi connectivity index (χ1v) is 6.11. The smallest absolute Gasteiger partial charge is 0.0713 e. The molecule has 0 saturated heterocycles. The Bertz CT molecular complexity index is 350. The first-order valence-electron chi connectivity index (χ1n) is 6.11. The molecule has 0 spiro atoms. The molecule has 1 aromatic carbocycles. The van der Waals surface area contributed by atoms with Gasteiger partial charge in [0.1, 0.15) is 0 Å². The van der Waals surface area contributed by atoms with Crippen LogP contribution in [0.5, 0.6) is 0 Å². The molecule has 0 aliphatic rings. The highest BCUT2D eigenvalue weighted by atomic mass is 16.5. The maximum atomic E-state index is 8.15. The van der Waals surface area contributed by atoms with Gasteiger partial charge in [-0.15, -0.1) is 0 Å². The van der Waals surface area contributed by atoms with Gasteiger partial charge in [0, 0.05) is 13.7 Å². The van der Waals surface area contributed by atoms with Gasteiger partial charge in [-0.05, 0) is 31.4 Å². The zero-order valence-corrected chi connectivity index (χ0v) is 11.6. The molecule has 0 aliphatic carbocycles. The molecule has 2 nitrogen and oxygen atoms in total. The fraction of sp³-hybridized carbons (Fsp3) is 0.375. The van der Waals surface area contributed by atoms with Gasteiger partial charge in [-0.25, -0.2) is 0 Å². The van der Waals surface area contributed by atoms with Crippen molar-refractivity contribution in [1.29, 1.82) is 0 Å². The van der Waals surface area contributed by atoms with Crippen molar-refractivity contribution in [2.45, 2.75) is 26.9 Å². The van der Waals surface area contributed by atoms with Crippen molar-refractivity contribution in [2.75, 3.05) is 13.7 Å². The van der Waals surface area contributed by atoms with Gasteiger partial charge in [-0.1, -0.05) is 48.6 Å². The van der Waals surface area contributed by atoms with Crippen molar-refractivity contribution in [3.63, 3.8) is 0 Å². The highest BCUT2D eigenvalue weighted by Gasteiger charge is 1.93. The molecule has 0 atom stereocenters. The molecule has 1 N–H and O–H groups in total. The van der Waals surface area contributed by atoms with Gasteiger partial charge in [0.25, 0.3) is 0 Å². The lowest BCUT2D eigenvalue weighted by molar-refractivity contribution is 0.185. The monoisotopic (exact) mass is 248 g/mol. The summed E-state index contributed by atoms with van der Waals surface area (Å²) in [5.41, 5.74) is 3.48. The van der Waals surface area contributed by atoms with E-state index < -0.39 is 0 Å². The summed E-state index contributed by atoms with van der Waals surface area (Å²) in [5.74, 6) is 0. The topological polar surface area (TPSA) is 29.5 Å². The van der Waals surface area contributed by atoms with Crippen molar-refractivity contribution in [3.05, 3.63) is 54.1 Å². The first-order chi connectivity index (χ1) is 8.65. The predicted octanol–water partition coefficient (Wildman–Crippen LogP) is 3.81. The molecule has 1 aromatic rings. The fourth-order valence-corrected chi connectivity index (χ4v) is 1.29. The Balaban J connectivity index is 0.000000411.